The Hall–Kier alpha value is -2.56. The van der Waals surface area contributed by atoms with Crippen molar-refractivity contribution in [2.75, 3.05) is 26.2 Å². The van der Waals surface area contributed by atoms with Crippen molar-refractivity contribution in [1.82, 2.24) is 19.5 Å². The summed E-state index contributed by atoms with van der Waals surface area (Å²) >= 11 is 20.8. The summed E-state index contributed by atoms with van der Waals surface area (Å²) in [5, 5.41) is 5.86. The zero-order valence-electron chi connectivity index (χ0n) is 23.7. The van der Waals surface area contributed by atoms with Crippen LogP contribution in [0.3, 0.4) is 0 Å². The number of esters is 1. The molecule has 0 unspecified atom stereocenters. The SMILES string of the molecule is CCOC(=O)CN(C(=O)c1cc2c(Cl)ccc(Cl)c2n1Cc1cc(-c2ccc(CCl)s2)on1)C1CCN(C(C)C)CC1. The molecule has 0 aliphatic carbocycles. The minimum Gasteiger partial charge on any atom is -0.465 e. The van der Waals surface area contributed by atoms with Gasteiger partial charge in [0.25, 0.3) is 5.91 Å². The first-order valence-corrected chi connectivity index (χ1v) is 16.1. The number of nitrogens with zero attached hydrogens (tertiary/aromatic N) is 4. The second-order valence-electron chi connectivity index (χ2n) is 10.6. The molecule has 1 aromatic carbocycles. The zero-order valence-corrected chi connectivity index (χ0v) is 26.8. The van der Waals surface area contributed by atoms with E-state index in [9.17, 15) is 9.59 Å². The zero-order chi connectivity index (χ0) is 30.0. The molecule has 12 heteroatoms. The van der Waals surface area contributed by atoms with Crippen LogP contribution >= 0.6 is 46.1 Å². The first-order valence-electron chi connectivity index (χ1n) is 14.0. The van der Waals surface area contributed by atoms with E-state index in [1.807, 2.05) is 22.8 Å². The summed E-state index contributed by atoms with van der Waals surface area (Å²) in [7, 11) is 0. The third-order valence-corrected chi connectivity index (χ3v) is 9.81. The van der Waals surface area contributed by atoms with Crippen molar-refractivity contribution in [2.45, 2.75) is 58.1 Å². The molecule has 0 saturated carbocycles. The number of rotatable bonds is 10. The molecule has 0 spiro atoms. The number of piperidine rings is 1. The smallest absolute Gasteiger partial charge is 0.325 e. The Bertz CT molecular complexity index is 1570. The summed E-state index contributed by atoms with van der Waals surface area (Å²) in [6.07, 6.45) is 1.51. The Kier molecular flexibility index (Phi) is 9.84. The molecule has 1 fully saturated rings. The third kappa shape index (κ3) is 6.50. The first-order chi connectivity index (χ1) is 20.2. The molecule has 42 heavy (non-hydrogen) atoms. The molecule has 1 amide bonds. The highest BCUT2D eigenvalue weighted by Crippen LogP contribution is 2.35. The maximum absolute atomic E-state index is 14.4. The molecule has 0 bridgehead atoms. The van der Waals surface area contributed by atoms with E-state index < -0.39 is 5.97 Å². The fourth-order valence-corrected chi connectivity index (χ4v) is 7.00. The summed E-state index contributed by atoms with van der Waals surface area (Å²) in [6.45, 7) is 8.07. The lowest BCUT2D eigenvalue weighted by Gasteiger charge is -2.39. The highest BCUT2D eigenvalue weighted by Gasteiger charge is 2.33. The fraction of sp³-hybridized carbons (Fsp3) is 0.433. The molecule has 224 valence electrons. The van der Waals surface area contributed by atoms with Crippen LogP contribution in [0.15, 0.2) is 40.9 Å². The number of carbonyl (C=O) groups is 2. The van der Waals surface area contributed by atoms with Crippen LogP contribution in [0, 0.1) is 0 Å². The molecule has 5 rings (SSSR count). The van der Waals surface area contributed by atoms with Gasteiger partial charge in [0, 0.05) is 41.5 Å². The van der Waals surface area contributed by atoms with E-state index in [1.165, 1.54) is 11.3 Å². The number of hydrogen-bond acceptors (Lipinski definition) is 7. The molecule has 4 heterocycles. The van der Waals surface area contributed by atoms with Gasteiger partial charge in [-0.15, -0.1) is 22.9 Å². The largest absolute Gasteiger partial charge is 0.465 e. The lowest BCUT2D eigenvalue weighted by Crippen LogP contribution is -2.50. The first kappa shape index (κ1) is 30.9. The van der Waals surface area contributed by atoms with Gasteiger partial charge in [-0.25, -0.2) is 0 Å². The molecule has 1 aliphatic rings. The Morgan fingerprint density at radius 3 is 2.55 bits per heavy atom. The summed E-state index contributed by atoms with van der Waals surface area (Å²) in [5.41, 5.74) is 1.58. The Morgan fingerprint density at radius 2 is 1.88 bits per heavy atom. The molecule has 0 radical (unpaired) electrons. The average Bonchev–Trinajstić information content (AvgIpc) is 3.73. The second-order valence-corrected chi connectivity index (χ2v) is 12.8. The number of carbonyl (C=O) groups excluding carboxylic acids is 2. The van der Waals surface area contributed by atoms with Gasteiger partial charge in [0.2, 0.25) is 0 Å². The Morgan fingerprint density at radius 1 is 1.14 bits per heavy atom. The van der Waals surface area contributed by atoms with Crippen molar-refractivity contribution >= 4 is 68.9 Å². The molecule has 0 N–H and O–H groups in total. The number of amides is 1. The van der Waals surface area contributed by atoms with Crippen LogP contribution in [-0.4, -0.2) is 69.7 Å². The lowest BCUT2D eigenvalue weighted by atomic mass is 10.0. The van der Waals surface area contributed by atoms with Gasteiger partial charge in [-0.2, -0.15) is 0 Å². The number of aromatic nitrogens is 2. The van der Waals surface area contributed by atoms with Crippen molar-refractivity contribution in [2.24, 2.45) is 0 Å². The van der Waals surface area contributed by atoms with Crippen molar-refractivity contribution < 1.29 is 18.8 Å². The summed E-state index contributed by atoms with van der Waals surface area (Å²) < 4.78 is 12.7. The van der Waals surface area contributed by atoms with Crippen LogP contribution in [0.1, 0.15) is 54.7 Å². The van der Waals surface area contributed by atoms with E-state index in [-0.39, 0.29) is 31.6 Å². The lowest BCUT2D eigenvalue weighted by molar-refractivity contribution is -0.144. The topological polar surface area (TPSA) is 80.8 Å². The minimum absolute atomic E-state index is 0.122. The van der Waals surface area contributed by atoms with Gasteiger partial charge < -0.3 is 23.6 Å². The molecule has 1 saturated heterocycles. The third-order valence-electron chi connectivity index (χ3n) is 7.63. The monoisotopic (exact) mass is 650 g/mol. The van der Waals surface area contributed by atoms with Gasteiger partial charge in [-0.1, -0.05) is 28.4 Å². The molecular weight excluding hydrogens is 619 g/mol. The number of benzene rings is 1. The van der Waals surface area contributed by atoms with Crippen molar-refractivity contribution in [1.29, 1.82) is 0 Å². The average molecular weight is 652 g/mol. The maximum atomic E-state index is 14.4. The highest BCUT2D eigenvalue weighted by molar-refractivity contribution is 7.15. The van der Waals surface area contributed by atoms with E-state index in [1.54, 1.807) is 30.0 Å². The summed E-state index contributed by atoms with van der Waals surface area (Å²) in [6, 6.07) is 11.2. The van der Waals surface area contributed by atoms with Crippen molar-refractivity contribution in [3.05, 3.63) is 62.7 Å². The quantitative estimate of drug-likeness (QED) is 0.132. The van der Waals surface area contributed by atoms with Crippen LogP contribution in [0.4, 0.5) is 0 Å². The molecular formula is C30H33Cl3N4O4S. The molecule has 4 aromatic rings. The van der Waals surface area contributed by atoms with Gasteiger partial charge in [0.15, 0.2) is 5.76 Å². The van der Waals surface area contributed by atoms with Crippen molar-refractivity contribution in [3.63, 3.8) is 0 Å². The predicted octanol–water partition coefficient (Wildman–Crippen LogP) is 7.33. The van der Waals surface area contributed by atoms with E-state index in [4.69, 9.17) is 44.1 Å². The number of fused-ring (bicyclic) bond motifs is 1. The summed E-state index contributed by atoms with van der Waals surface area (Å²) in [4.78, 5) is 33.1. The predicted molar refractivity (Wildman–Crippen MR) is 168 cm³/mol. The van der Waals surface area contributed by atoms with Gasteiger partial charge in [0.1, 0.15) is 17.9 Å². The van der Waals surface area contributed by atoms with E-state index in [2.05, 4.69) is 23.9 Å². The van der Waals surface area contributed by atoms with Gasteiger partial charge in [-0.3, -0.25) is 9.59 Å². The van der Waals surface area contributed by atoms with Crippen molar-refractivity contribution in [3.8, 4) is 10.6 Å². The number of halogens is 3. The molecule has 8 nitrogen and oxygen atoms in total. The van der Waals surface area contributed by atoms with Crippen LogP contribution in [0.25, 0.3) is 21.5 Å². The number of ether oxygens (including phenoxy) is 1. The summed E-state index contributed by atoms with van der Waals surface area (Å²) in [5.74, 6) is 0.304. The number of alkyl halides is 1. The Labute approximate surface area is 264 Å². The normalized spacial score (nSPS) is 14.6. The number of hydrogen-bond donors (Lipinski definition) is 0. The maximum Gasteiger partial charge on any atom is 0.325 e. The highest BCUT2D eigenvalue weighted by atomic mass is 35.5. The Balaban J connectivity index is 1.53. The van der Waals surface area contributed by atoms with Crippen LogP contribution in [0.5, 0.6) is 0 Å². The van der Waals surface area contributed by atoms with Crippen LogP contribution in [-0.2, 0) is 22.0 Å². The van der Waals surface area contributed by atoms with Gasteiger partial charge in [0.05, 0.1) is 39.5 Å². The van der Waals surface area contributed by atoms with E-state index >= 15 is 0 Å². The molecule has 3 aromatic heterocycles. The fourth-order valence-electron chi connectivity index (χ4n) is 5.47. The van der Waals surface area contributed by atoms with E-state index in [0.29, 0.717) is 50.0 Å². The standard InChI is InChI=1S/C30H33Cl3N4O4S/c1-4-40-28(38)17-36(20-9-11-35(12-10-20)18(2)3)30(39)25-14-22-23(32)6-7-24(33)29(22)37(25)16-19-13-26(41-34-19)27-8-5-21(15-31)42-27/h5-8,13-14,18,20H,4,9-12,15-17H2,1-3H3. The molecule has 0 atom stereocenters. The van der Waals surface area contributed by atoms with Gasteiger partial charge >= 0.3 is 5.97 Å². The van der Waals surface area contributed by atoms with Gasteiger partial charge in [-0.05, 0) is 63.9 Å². The number of thiophene rings is 1. The molecule has 1 aliphatic heterocycles. The minimum atomic E-state index is -0.440. The number of likely N-dealkylation sites (tertiary alicyclic amines) is 1. The van der Waals surface area contributed by atoms with Crippen LogP contribution in [0.2, 0.25) is 10.0 Å². The van der Waals surface area contributed by atoms with E-state index in [0.717, 1.165) is 35.7 Å². The van der Waals surface area contributed by atoms with Crippen LogP contribution < -0.4 is 0 Å². The second kappa shape index (κ2) is 13.4.